The zero-order chi connectivity index (χ0) is 12.5. The molecule has 0 aromatic heterocycles. The summed E-state index contributed by atoms with van der Waals surface area (Å²) in [5.41, 5.74) is 0. The number of esters is 1. The van der Waals surface area contributed by atoms with Gasteiger partial charge in [-0.15, -0.1) is 0 Å². The number of aliphatic hydroxyl groups is 2. The van der Waals surface area contributed by atoms with Gasteiger partial charge in [-0.3, -0.25) is 4.79 Å². The van der Waals surface area contributed by atoms with E-state index >= 15 is 0 Å². The monoisotopic (exact) mass is 280 g/mol. The molecule has 1 aliphatic rings. The second-order valence-electron chi connectivity index (χ2n) is 4.05. The van der Waals surface area contributed by atoms with E-state index in [0.717, 1.165) is 24.5 Å². The highest BCUT2D eigenvalue weighted by atomic mass is 33.1. The number of carbonyl (C=O) groups is 1. The average Bonchev–Trinajstić information content (AvgIpc) is 2.84. The van der Waals surface area contributed by atoms with E-state index in [1.165, 1.54) is 12.2 Å². The van der Waals surface area contributed by atoms with Crippen LogP contribution in [0, 0.1) is 0 Å². The molecule has 0 unspecified atom stereocenters. The minimum Gasteiger partial charge on any atom is -0.457 e. The topological polar surface area (TPSA) is 66.8 Å². The predicted octanol–water partition coefficient (Wildman–Crippen LogP) is 1.60. The Kier molecular flexibility index (Phi) is 8.09. The predicted molar refractivity (Wildman–Crippen MR) is 71.0 cm³/mol. The van der Waals surface area contributed by atoms with E-state index in [9.17, 15) is 4.79 Å². The minimum atomic E-state index is -0.760. The van der Waals surface area contributed by atoms with Gasteiger partial charge < -0.3 is 14.9 Å². The molecule has 17 heavy (non-hydrogen) atoms. The van der Waals surface area contributed by atoms with Crippen LogP contribution in [0.2, 0.25) is 0 Å². The van der Waals surface area contributed by atoms with Crippen LogP contribution in [0.4, 0.5) is 0 Å². The summed E-state index contributed by atoms with van der Waals surface area (Å²) in [6.07, 6.45) is 3.91. The minimum absolute atomic E-state index is 0.321. The summed E-state index contributed by atoms with van der Waals surface area (Å²) in [5.74, 6) is 0.915. The smallest absolute Gasteiger partial charge is 0.306 e. The van der Waals surface area contributed by atoms with Gasteiger partial charge in [0.1, 0.15) is 6.10 Å². The van der Waals surface area contributed by atoms with Gasteiger partial charge in [0.2, 0.25) is 0 Å². The number of hydrogen-bond acceptors (Lipinski definition) is 6. The maximum absolute atomic E-state index is 11.3. The van der Waals surface area contributed by atoms with Crippen molar-refractivity contribution < 1.29 is 19.7 Å². The molecule has 1 aliphatic heterocycles. The van der Waals surface area contributed by atoms with Crippen molar-refractivity contribution in [2.75, 3.05) is 19.0 Å². The molecule has 100 valence electrons. The maximum Gasteiger partial charge on any atom is 0.306 e. The summed E-state index contributed by atoms with van der Waals surface area (Å²) in [4.78, 5) is 11.3. The SMILES string of the molecule is O=C(CCCC[C@@H]1CCSS1)OC(CO)CO. The number of carbonyl (C=O) groups excluding carboxylic acids is 1. The molecule has 0 aliphatic carbocycles. The Morgan fingerprint density at radius 2 is 2.12 bits per heavy atom. The Hall–Kier alpha value is 0.0900. The van der Waals surface area contributed by atoms with Crippen LogP contribution in [0.25, 0.3) is 0 Å². The summed E-state index contributed by atoms with van der Waals surface area (Å²) >= 11 is 0. The molecule has 1 fully saturated rings. The van der Waals surface area contributed by atoms with Crippen molar-refractivity contribution in [1.82, 2.24) is 0 Å². The van der Waals surface area contributed by atoms with Crippen molar-refractivity contribution in [1.29, 1.82) is 0 Å². The molecule has 6 heteroatoms. The Morgan fingerprint density at radius 1 is 1.35 bits per heavy atom. The second kappa shape index (κ2) is 9.08. The highest BCUT2D eigenvalue weighted by Gasteiger charge is 2.16. The molecule has 1 rings (SSSR count). The molecule has 2 N–H and O–H groups in total. The highest BCUT2D eigenvalue weighted by molar-refractivity contribution is 8.77. The summed E-state index contributed by atoms with van der Waals surface area (Å²) in [6.45, 7) is -0.643. The quantitative estimate of drug-likeness (QED) is 0.400. The molecular formula is C11H20O4S2. The molecule has 1 atom stereocenters. The van der Waals surface area contributed by atoms with E-state index in [4.69, 9.17) is 14.9 Å². The lowest BCUT2D eigenvalue weighted by Gasteiger charge is -2.12. The largest absolute Gasteiger partial charge is 0.457 e. The molecule has 0 aromatic rings. The van der Waals surface area contributed by atoms with E-state index in [2.05, 4.69) is 0 Å². The number of ether oxygens (including phenoxy) is 1. The van der Waals surface area contributed by atoms with Crippen molar-refractivity contribution in [2.24, 2.45) is 0 Å². The Labute approximate surface area is 110 Å². The van der Waals surface area contributed by atoms with E-state index in [1.807, 2.05) is 21.6 Å². The number of aliphatic hydroxyl groups excluding tert-OH is 2. The normalized spacial score (nSPS) is 19.8. The zero-order valence-electron chi connectivity index (χ0n) is 9.84. The third-order valence-electron chi connectivity index (χ3n) is 2.59. The van der Waals surface area contributed by atoms with E-state index in [0.29, 0.717) is 6.42 Å². The third kappa shape index (κ3) is 6.55. The Balaban J connectivity index is 1.99. The first-order valence-electron chi connectivity index (χ1n) is 5.95. The van der Waals surface area contributed by atoms with Crippen LogP contribution in [-0.4, -0.2) is 46.5 Å². The molecule has 0 aromatic carbocycles. The number of hydrogen-bond donors (Lipinski definition) is 2. The summed E-state index contributed by atoms with van der Waals surface area (Å²) < 4.78 is 4.87. The van der Waals surface area contributed by atoms with Crippen LogP contribution in [0.5, 0.6) is 0 Å². The van der Waals surface area contributed by atoms with Crippen LogP contribution < -0.4 is 0 Å². The first kappa shape index (κ1) is 15.1. The van der Waals surface area contributed by atoms with Gasteiger partial charge in [0.25, 0.3) is 0 Å². The van der Waals surface area contributed by atoms with Gasteiger partial charge in [0.05, 0.1) is 13.2 Å². The van der Waals surface area contributed by atoms with Crippen LogP contribution in [-0.2, 0) is 9.53 Å². The van der Waals surface area contributed by atoms with Gasteiger partial charge in [-0.25, -0.2) is 0 Å². The first-order chi connectivity index (χ1) is 8.26. The first-order valence-corrected chi connectivity index (χ1v) is 8.34. The molecule has 0 amide bonds. The van der Waals surface area contributed by atoms with Gasteiger partial charge >= 0.3 is 5.97 Å². The second-order valence-corrected chi connectivity index (χ2v) is 6.84. The summed E-state index contributed by atoms with van der Waals surface area (Å²) in [6, 6.07) is 0. The van der Waals surface area contributed by atoms with E-state index < -0.39 is 6.10 Å². The molecule has 0 radical (unpaired) electrons. The summed E-state index contributed by atoms with van der Waals surface area (Å²) in [5, 5.41) is 18.2. The van der Waals surface area contributed by atoms with Gasteiger partial charge in [0.15, 0.2) is 0 Å². The standard InChI is InChI=1S/C11H20O4S2/c12-7-9(8-13)15-11(14)4-2-1-3-10-5-6-16-17-10/h9-10,12-13H,1-8H2/t10-/m1/s1. The Morgan fingerprint density at radius 3 is 2.71 bits per heavy atom. The Bertz CT molecular complexity index is 216. The van der Waals surface area contributed by atoms with Crippen LogP contribution in [0.3, 0.4) is 0 Å². The van der Waals surface area contributed by atoms with Crippen LogP contribution >= 0.6 is 21.6 Å². The molecule has 0 spiro atoms. The molecule has 4 nitrogen and oxygen atoms in total. The fourth-order valence-corrected chi connectivity index (χ4v) is 4.61. The van der Waals surface area contributed by atoms with Crippen molar-refractivity contribution in [2.45, 2.75) is 43.5 Å². The molecule has 1 saturated heterocycles. The average molecular weight is 280 g/mol. The molecular weight excluding hydrogens is 260 g/mol. The lowest BCUT2D eigenvalue weighted by molar-refractivity contribution is -0.153. The highest BCUT2D eigenvalue weighted by Crippen LogP contribution is 2.39. The third-order valence-corrected chi connectivity index (χ3v) is 5.60. The van der Waals surface area contributed by atoms with Crippen molar-refractivity contribution >= 4 is 27.6 Å². The number of unbranched alkanes of at least 4 members (excludes halogenated alkanes) is 1. The lowest BCUT2D eigenvalue weighted by Crippen LogP contribution is -2.25. The van der Waals surface area contributed by atoms with E-state index in [1.54, 1.807) is 0 Å². The molecule has 0 bridgehead atoms. The zero-order valence-corrected chi connectivity index (χ0v) is 11.5. The van der Waals surface area contributed by atoms with Gasteiger partial charge in [-0.2, -0.15) is 0 Å². The fourth-order valence-electron chi connectivity index (χ4n) is 1.58. The lowest BCUT2D eigenvalue weighted by atomic mass is 10.1. The van der Waals surface area contributed by atoms with Crippen molar-refractivity contribution in [3.8, 4) is 0 Å². The summed E-state index contributed by atoms with van der Waals surface area (Å²) in [7, 11) is 3.88. The number of rotatable bonds is 8. The van der Waals surface area contributed by atoms with Gasteiger partial charge in [0, 0.05) is 17.4 Å². The maximum atomic E-state index is 11.3. The van der Waals surface area contributed by atoms with Crippen molar-refractivity contribution in [3.63, 3.8) is 0 Å². The van der Waals surface area contributed by atoms with Crippen LogP contribution in [0.1, 0.15) is 32.1 Å². The van der Waals surface area contributed by atoms with Gasteiger partial charge in [-0.1, -0.05) is 28.0 Å². The molecule has 0 saturated carbocycles. The van der Waals surface area contributed by atoms with Crippen LogP contribution in [0.15, 0.2) is 0 Å². The molecule has 1 heterocycles. The van der Waals surface area contributed by atoms with E-state index in [-0.39, 0.29) is 19.2 Å². The van der Waals surface area contributed by atoms with Gasteiger partial charge in [-0.05, 0) is 19.3 Å². The van der Waals surface area contributed by atoms with Crippen molar-refractivity contribution in [3.05, 3.63) is 0 Å². The fraction of sp³-hybridized carbons (Fsp3) is 0.909.